The van der Waals surface area contributed by atoms with Gasteiger partial charge in [-0.3, -0.25) is 19.7 Å². The molecule has 1 heterocycles. The molecule has 1 aliphatic rings. The minimum Gasteiger partial charge on any atom is -0.487 e. The molecule has 11 heteroatoms. The number of non-ortho nitro benzene ring substituents is 1. The van der Waals surface area contributed by atoms with Crippen molar-refractivity contribution in [2.45, 2.75) is 6.61 Å². The highest BCUT2D eigenvalue weighted by molar-refractivity contribution is 9.11. The molecule has 1 fully saturated rings. The first-order valence-corrected chi connectivity index (χ1v) is 12.4. The van der Waals surface area contributed by atoms with Gasteiger partial charge in [-0.2, -0.15) is 0 Å². The lowest BCUT2D eigenvalue weighted by Crippen LogP contribution is -2.27. The number of nitrogens with zero attached hydrogens (tertiary/aromatic N) is 2. The van der Waals surface area contributed by atoms with Gasteiger partial charge in [0.1, 0.15) is 12.4 Å². The number of hydrogen-bond donors (Lipinski definition) is 0. The van der Waals surface area contributed by atoms with Crippen LogP contribution in [0.25, 0.3) is 6.08 Å². The molecule has 0 unspecified atom stereocenters. The van der Waals surface area contributed by atoms with E-state index in [4.69, 9.17) is 16.3 Å². The number of halogens is 3. The Balaban J connectivity index is 1.52. The number of amides is 2. The van der Waals surface area contributed by atoms with E-state index in [-0.39, 0.29) is 17.2 Å². The Bertz CT molecular complexity index is 1320. The largest absolute Gasteiger partial charge is 0.487 e. The SMILES string of the molecule is O=C1S/C(=C/c2cc(Br)c(OCc3ccc([N+](=O)[O-])cc3)c(Br)c2)C(=O)N1c1cccc(Cl)c1. The van der Waals surface area contributed by atoms with E-state index in [0.717, 1.165) is 22.2 Å². The first-order chi connectivity index (χ1) is 16.2. The zero-order valence-corrected chi connectivity index (χ0v) is 21.8. The van der Waals surface area contributed by atoms with Gasteiger partial charge in [-0.15, -0.1) is 0 Å². The summed E-state index contributed by atoms with van der Waals surface area (Å²) < 4.78 is 7.13. The lowest BCUT2D eigenvalue weighted by atomic mass is 10.2. The van der Waals surface area contributed by atoms with E-state index in [2.05, 4.69) is 31.9 Å². The number of hydrogen-bond acceptors (Lipinski definition) is 6. The molecule has 0 atom stereocenters. The summed E-state index contributed by atoms with van der Waals surface area (Å²) in [6.45, 7) is 0.201. The summed E-state index contributed by atoms with van der Waals surface area (Å²) in [5.74, 6) is 0.102. The molecule has 4 rings (SSSR count). The highest BCUT2D eigenvalue weighted by atomic mass is 79.9. The summed E-state index contributed by atoms with van der Waals surface area (Å²) in [4.78, 5) is 37.0. The van der Waals surface area contributed by atoms with Gasteiger partial charge in [0.2, 0.25) is 0 Å². The van der Waals surface area contributed by atoms with Crippen molar-refractivity contribution in [3.63, 3.8) is 0 Å². The van der Waals surface area contributed by atoms with Gasteiger partial charge in [-0.1, -0.05) is 17.7 Å². The zero-order chi connectivity index (χ0) is 24.4. The summed E-state index contributed by atoms with van der Waals surface area (Å²) in [7, 11) is 0. The fourth-order valence-electron chi connectivity index (χ4n) is 3.13. The van der Waals surface area contributed by atoms with Gasteiger partial charge >= 0.3 is 0 Å². The Morgan fingerprint density at radius 3 is 2.35 bits per heavy atom. The van der Waals surface area contributed by atoms with Gasteiger partial charge in [0.25, 0.3) is 16.8 Å². The van der Waals surface area contributed by atoms with Crippen molar-refractivity contribution < 1.29 is 19.2 Å². The van der Waals surface area contributed by atoms with Crippen molar-refractivity contribution in [1.29, 1.82) is 0 Å². The molecule has 0 radical (unpaired) electrons. The molecule has 3 aromatic rings. The van der Waals surface area contributed by atoms with Gasteiger partial charge in [0.05, 0.1) is 24.5 Å². The number of anilines is 1. The van der Waals surface area contributed by atoms with Crippen molar-refractivity contribution in [2.75, 3.05) is 4.90 Å². The zero-order valence-electron chi connectivity index (χ0n) is 17.0. The standard InChI is InChI=1S/C23H13Br2ClN2O5S/c24-18-8-14(9-19(25)21(18)33-12-13-4-6-16(7-5-13)28(31)32)10-20-22(29)27(23(30)34-20)17-3-1-2-15(26)11-17/h1-11H,12H2/b20-10+. The minimum absolute atomic E-state index is 0.00948. The van der Waals surface area contributed by atoms with Crippen LogP contribution in [-0.4, -0.2) is 16.1 Å². The van der Waals surface area contributed by atoms with Crippen LogP contribution in [0.15, 0.2) is 74.5 Å². The van der Waals surface area contributed by atoms with Crippen LogP contribution in [0.4, 0.5) is 16.2 Å². The summed E-state index contributed by atoms with van der Waals surface area (Å²) in [6.07, 6.45) is 1.63. The first kappa shape index (κ1) is 24.5. The van der Waals surface area contributed by atoms with Crippen LogP contribution in [0.2, 0.25) is 5.02 Å². The van der Waals surface area contributed by atoms with Gasteiger partial charge in [-0.25, -0.2) is 4.90 Å². The van der Waals surface area contributed by atoms with Gasteiger partial charge in [0, 0.05) is 17.2 Å². The van der Waals surface area contributed by atoms with Crippen LogP contribution >= 0.6 is 55.2 Å². The highest BCUT2D eigenvalue weighted by Gasteiger charge is 2.36. The Morgan fingerprint density at radius 1 is 1.06 bits per heavy atom. The maximum Gasteiger partial charge on any atom is 0.298 e. The summed E-state index contributed by atoms with van der Waals surface area (Å²) >= 11 is 13.8. The Labute approximate surface area is 220 Å². The topological polar surface area (TPSA) is 89.7 Å². The van der Waals surface area contributed by atoms with E-state index >= 15 is 0 Å². The molecule has 7 nitrogen and oxygen atoms in total. The third-order valence-corrected chi connectivity index (χ3v) is 6.99. The van der Waals surface area contributed by atoms with Crippen LogP contribution in [0.5, 0.6) is 5.75 Å². The smallest absolute Gasteiger partial charge is 0.298 e. The third kappa shape index (κ3) is 5.35. The van der Waals surface area contributed by atoms with Crippen LogP contribution in [-0.2, 0) is 11.4 Å². The maximum absolute atomic E-state index is 12.9. The maximum atomic E-state index is 12.9. The predicted molar refractivity (Wildman–Crippen MR) is 139 cm³/mol. The highest BCUT2D eigenvalue weighted by Crippen LogP contribution is 2.39. The van der Waals surface area contributed by atoms with E-state index in [0.29, 0.717) is 31.0 Å². The lowest BCUT2D eigenvalue weighted by molar-refractivity contribution is -0.384. The molecule has 0 aliphatic carbocycles. The van der Waals surface area contributed by atoms with E-state index in [1.165, 1.54) is 12.1 Å². The molecule has 34 heavy (non-hydrogen) atoms. The van der Waals surface area contributed by atoms with Crippen molar-refractivity contribution in [1.82, 2.24) is 0 Å². The van der Waals surface area contributed by atoms with E-state index < -0.39 is 16.1 Å². The van der Waals surface area contributed by atoms with E-state index in [9.17, 15) is 19.7 Å². The van der Waals surface area contributed by atoms with Gasteiger partial charge in [0.15, 0.2) is 0 Å². The van der Waals surface area contributed by atoms with Gasteiger partial charge in [-0.05, 0) is 103 Å². The van der Waals surface area contributed by atoms with E-state index in [1.807, 2.05) is 0 Å². The number of nitro groups is 1. The fourth-order valence-corrected chi connectivity index (χ4v) is 5.60. The fraction of sp³-hybridized carbons (Fsp3) is 0.0435. The number of carbonyl (C=O) groups is 2. The van der Waals surface area contributed by atoms with Gasteiger partial charge < -0.3 is 4.74 Å². The Hall–Kier alpha value is -2.66. The quantitative estimate of drug-likeness (QED) is 0.160. The monoisotopic (exact) mass is 622 g/mol. The molecule has 1 saturated heterocycles. The van der Waals surface area contributed by atoms with Crippen molar-refractivity contribution in [2.24, 2.45) is 0 Å². The summed E-state index contributed by atoms with van der Waals surface area (Å²) in [5, 5.41) is 10.8. The molecular weight excluding hydrogens is 612 g/mol. The van der Waals surface area contributed by atoms with E-state index in [1.54, 1.807) is 54.6 Å². The van der Waals surface area contributed by atoms with Crippen molar-refractivity contribution in [3.8, 4) is 5.75 Å². The molecule has 172 valence electrons. The molecule has 2 amide bonds. The summed E-state index contributed by atoms with van der Waals surface area (Å²) in [6, 6.07) is 16.2. The Morgan fingerprint density at radius 2 is 1.74 bits per heavy atom. The number of thioether (sulfide) groups is 1. The molecule has 0 aromatic heterocycles. The molecule has 3 aromatic carbocycles. The molecule has 0 bridgehead atoms. The minimum atomic E-state index is -0.458. The second-order valence-electron chi connectivity index (χ2n) is 7.02. The Kier molecular flexibility index (Phi) is 7.42. The van der Waals surface area contributed by atoms with Crippen molar-refractivity contribution in [3.05, 3.63) is 101 Å². The number of rotatable bonds is 6. The second kappa shape index (κ2) is 10.3. The van der Waals surface area contributed by atoms with Crippen LogP contribution in [0, 0.1) is 10.1 Å². The average molecular weight is 625 g/mol. The number of carbonyl (C=O) groups excluding carboxylic acids is 2. The molecule has 1 aliphatic heterocycles. The lowest BCUT2D eigenvalue weighted by Gasteiger charge is -2.13. The second-order valence-corrected chi connectivity index (χ2v) is 10.2. The van der Waals surface area contributed by atoms with Crippen molar-refractivity contribution >= 4 is 83.8 Å². The molecule has 0 spiro atoms. The molecule has 0 N–H and O–H groups in total. The number of nitro benzene ring substituents is 1. The number of benzene rings is 3. The number of imide groups is 1. The average Bonchev–Trinajstić information content (AvgIpc) is 3.06. The first-order valence-electron chi connectivity index (χ1n) is 9.61. The van der Waals surface area contributed by atoms with Crippen LogP contribution in [0.1, 0.15) is 11.1 Å². The third-order valence-electron chi connectivity index (χ3n) is 4.71. The van der Waals surface area contributed by atoms with Crippen LogP contribution < -0.4 is 9.64 Å². The summed E-state index contributed by atoms with van der Waals surface area (Å²) in [5.41, 5.74) is 1.87. The predicted octanol–water partition coefficient (Wildman–Crippen LogP) is 7.59. The van der Waals surface area contributed by atoms with Crippen LogP contribution in [0.3, 0.4) is 0 Å². The molecular formula is C23H13Br2ClN2O5S. The molecule has 0 saturated carbocycles. The number of ether oxygens (including phenoxy) is 1. The normalized spacial score (nSPS) is 14.7.